The first-order chi connectivity index (χ1) is 15.6. The molecule has 0 N–H and O–H groups in total. The Balaban J connectivity index is 1.47. The lowest BCUT2D eigenvalue weighted by Gasteiger charge is -2.42. The van der Waals surface area contributed by atoms with Gasteiger partial charge in [-0.15, -0.1) is 0 Å². The average molecular weight is 434 g/mol. The molecule has 2 aromatic rings. The highest BCUT2D eigenvalue weighted by Crippen LogP contribution is 2.41. The molecule has 0 amide bonds. The fourth-order valence-corrected chi connectivity index (χ4v) is 4.85. The Kier molecular flexibility index (Phi) is 6.81. The van der Waals surface area contributed by atoms with E-state index in [1.807, 2.05) is 36.4 Å². The van der Waals surface area contributed by atoms with E-state index in [-0.39, 0.29) is 24.4 Å². The van der Waals surface area contributed by atoms with E-state index in [0.717, 1.165) is 18.4 Å². The Morgan fingerprint density at radius 1 is 1.00 bits per heavy atom. The molecule has 0 radical (unpaired) electrons. The van der Waals surface area contributed by atoms with Crippen molar-refractivity contribution in [2.75, 3.05) is 13.7 Å². The summed E-state index contributed by atoms with van der Waals surface area (Å²) in [5.41, 5.74) is 1.41. The molecule has 2 fully saturated rings. The van der Waals surface area contributed by atoms with E-state index in [2.05, 4.69) is 4.90 Å². The minimum atomic E-state index is -0.614. The molecule has 6 heteroatoms. The first-order valence-electron chi connectivity index (χ1n) is 10.9. The van der Waals surface area contributed by atoms with Crippen LogP contribution in [0, 0.1) is 5.92 Å². The molecule has 2 bridgehead atoms. The molecule has 2 aromatic carbocycles. The summed E-state index contributed by atoms with van der Waals surface area (Å²) in [5.74, 6) is -1.48. The van der Waals surface area contributed by atoms with Gasteiger partial charge in [-0.25, -0.2) is 4.79 Å². The highest BCUT2D eigenvalue weighted by molar-refractivity contribution is 5.95. The van der Waals surface area contributed by atoms with Gasteiger partial charge in [0.2, 0.25) is 0 Å². The number of ether oxygens (including phenoxy) is 2. The van der Waals surface area contributed by atoms with Crippen LogP contribution in [-0.4, -0.2) is 54.5 Å². The molecule has 6 nitrogen and oxygen atoms in total. The summed E-state index contributed by atoms with van der Waals surface area (Å²) in [5, 5.41) is 0. The van der Waals surface area contributed by atoms with Gasteiger partial charge in [-0.1, -0.05) is 54.6 Å². The summed E-state index contributed by atoms with van der Waals surface area (Å²) >= 11 is 0. The van der Waals surface area contributed by atoms with Gasteiger partial charge in [-0.2, -0.15) is 0 Å². The Morgan fingerprint density at radius 2 is 1.69 bits per heavy atom. The van der Waals surface area contributed by atoms with Gasteiger partial charge in [0.05, 0.1) is 19.2 Å². The van der Waals surface area contributed by atoms with E-state index in [1.165, 1.54) is 7.11 Å². The van der Waals surface area contributed by atoms with Crippen LogP contribution in [0.2, 0.25) is 0 Å². The third kappa shape index (κ3) is 4.81. The minimum absolute atomic E-state index is 0.0194. The number of hydrogen-bond acceptors (Lipinski definition) is 6. The number of piperidine rings is 1. The van der Waals surface area contributed by atoms with Crippen molar-refractivity contribution in [1.29, 1.82) is 0 Å². The van der Waals surface area contributed by atoms with Crippen molar-refractivity contribution in [1.82, 2.24) is 4.90 Å². The minimum Gasteiger partial charge on any atom is -0.469 e. The van der Waals surface area contributed by atoms with Crippen LogP contribution in [0.5, 0.6) is 0 Å². The molecular formula is C26H27NO5. The van der Waals surface area contributed by atoms with Gasteiger partial charge in [-0.3, -0.25) is 14.5 Å². The SMILES string of the molecule is COC(=O)C1C(OC(=O)c2ccccc2)C[C@@H]2CC[C@@H]1N2CC(=O)C=Cc1ccccc1. The van der Waals surface area contributed by atoms with E-state index in [1.54, 1.807) is 36.4 Å². The van der Waals surface area contributed by atoms with E-state index < -0.39 is 24.0 Å². The van der Waals surface area contributed by atoms with Gasteiger partial charge in [0.15, 0.2) is 5.78 Å². The maximum Gasteiger partial charge on any atom is 0.338 e. The molecular weight excluding hydrogens is 406 g/mol. The highest BCUT2D eigenvalue weighted by Gasteiger charge is 2.52. The predicted octanol–water partition coefficient (Wildman–Crippen LogP) is 3.52. The lowest BCUT2D eigenvalue weighted by Crippen LogP contribution is -2.56. The summed E-state index contributed by atoms with van der Waals surface area (Å²) in [4.78, 5) is 40.1. The normalized spacial score (nSPS) is 24.9. The van der Waals surface area contributed by atoms with Gasteiger partial charge in [0.1, 0.15) is 12.0 Å². The molecule has 166 valence electrons. The van der Waals surface area contributed by atoms with Crippen LogP contribution in [0.25, 0.3) is 6.08 Å². The van der Waals surface area contributed by atoms with Crippen molar-refractivity contribution < 1.29 is 23.9 Å². The molecule has 0 aliphatic carbocycles. The topological polar surface area (TPSA) is 72.9 Å². The van der Waals surface area contributed by atoms with Gasteiger partial charge in [-0.05, 0) is 36.6 Å². The molecule has 2 saturated heterocycles. The molecule has 2 heterocycles. The first kappa shape index (κ1) is 22.0. The summed E-state index contributed by atoms with van der Waals surface area (Å²) in [7, 11) is 1.34. The van der Waals surface area contributed by atoms with E-state index in [4.69, 9.17) is 9.47 Å². The molecule has 4 atom stereocenters. The molecule has 2 aliphatic rings. The number of carbonyl (C=O) groups is 3. The zero-order valence-electron chi connectivity index (χ0n) is 18.1. The second-order valence-corrected chi connectivity index (χ2v) is 8.28. The Bertz CT molecular complexity index is 988. The number of rotatable bonds is 7. The standard InChI is InChI=1S/C26H27NO5/c1-31-26(30)24-22-15-13-20(16-23(24)32-25(29)19-10-6-3-7-11-19)27(22)17-21(28)14-12-18-8-4-2-5-9-18/h2-12,14,20,22-24H,13,15-17H2,1H3/t20-,22-,23?,24?/m0/s1. The van der Waals surface area contributed by atoms with Gasteiger partial charge < -0.3 is 9.47 Å². The second kappa shape index (κ2) is 9.92. The number of nitrogens with zero attached hydrogens (tertiary/aromatic N) is 1. The van der Waals surface area contributed by atoms with Crippen molar-refractivity contribution in [2.24, 2.45) is 5.92 Å². The maximum absolute atomic E-state index is 12.7. The smallest absolute Gasteiger partial charge is 0.338 e. The molecule has 2 aliphatic heterocycles. The Morgan fingerprint density at radius 3 is 2.38 bits per heavy atom. The highest BCUT2D eigenvalue weighted by atomic mass is 16.6. The zero-order chi connectivity index (χ0) is 22.5. The largest absolute Gasteiger partial charge is 0.469 e. The number of hydrogen-bond donors (Lipinski definition) is 0. The predicted molar refractivity (Wildman–Crippen MR) is 120 cm³/mol. The number of ketones is 1. The first-order valence-corrected chi connectivity index (χ1v) is 10.9. The van der Waals surface area contributed by atoms with Crippen LogP contribution in [0.15, 0.2) is 66.7 Å². The lowest BCUT2D eigenvalue weighted by molar-refractivity contribution is -0.157. The average Bonchev–Trinajstić information content (AvgIpc) is 3.09. The Labute approximate surface area is 187 Å². The number of methoxy groups -OCH3 is 1. The third-order valence-corrected chi connectivity index (χ3v) is 6.35. The third-order valence-electron chi connectivity index (χ3n) is 6.35. The van der Waals surface area contributed by atoms with Gasteiger partial charge in [0.25, 0.3) is 0 Å². The van der Waals surface area contributed by atoms with Crippen molar-refractivity contribution in [3.05, 3.63) is 77.9 Å². The van der Waals surface area contributed by atoms with Crippen molar-refractivity contribution >= 4 is 23.8 Å². The number of fused-ring (bicyclic) bond motifs is 2. The van der Waals surface area contributed by atoms with E-state index in [9.17, 15) is 14.4 Å². The molecule has 0 aromatic heterocycles. The molecule has 4 rings (SSSR count). The summed E-state index contributed by atoms with van der Waals surface area (Å²) < 4.78 is 10.8. The monoisotopic (exact) mass is 433 g/mol. The molecule has 32 heavy (non-hydrogen) atoms. The number of esters is 2. The molecule has 2 unspecified atom stereocenters. The molecule has 0 spiro atoms. The summed E-state index contributed by atoms with van der Waals surface area (Å²) in [6, 6.07) is 18.3. The number of benzene rings is 2. The fourth-order valence-electron chi connectivity index (χ4n) is 4.85. The maximum atomic E-state index is 12.7. The van der Waals surface area contributed by atoms with Crippen molar-refractivity contribution in [2.45, 2.75) is 37.5 Å². The van der Waals surface area contributed by atoms with Crippen LogP contribution in [0.4, 0.5) is 0 Å². The second-order valence-electron chi connectivity index (χ2n) is 8.28. The van der Waals surface area contributed by atoms with Crippen molar-refractivity contribution in [3.8, 4) is 0 Å². The van der Waals surface area contributed by atoms with E-state index >= 15 is 0 Å². The van der Waals surface area contributed by atoms with Crippen LogP contribution in [0.3, 0.4) is 0 Å². The van der Waals surface area contributed by atoms with Gasteiger partial charge >= 0.3 is 11.9 Å². The zero-order valence-corrected chi connectivity index (χ0v) is 18.1. The lowest BCUT2D eigenvalue weighted by atomic mass is 9.87. The van der Waals surface area contributed by atoms with Gasteiger partial charge in [0, 0.05) is 18.5 Å². The molecule has 0 saturated carbocycles. The summed E-state index contributed by atoms with van der Waals surface area (Å²) in [6.45, 7) is 0.228. The van der Waals surface area contributed by atoms with Crippen LogP contribution in [0.1, 0.15) is 35.2 Å². The van der Waals surface area contributed by atoms with Crippen LogP contribution >= 0.6 is 0 Å². The quantitative estimate of drug-likeness (QED) is 0.491. The number of carbonyl (C=O) groups excluding carboxylic acids is 3. The van der Waals surface area contributed by atoms with Crippen LogP contribution in [-0.2, 0) is 19.1 Å². The Hall–Kier alpha value is -3.25. The fraction of sp³-hybridized carbons (Fsp3) is 0.346. The van der Waals surface area contributed by atoms with Crippen molar-refractivity contribution in [3.63, 3.8) is 0 Å². The summed E-state index contributed by atoms with van der Waals surface area (Å²) in [6.07, 6.45) is 4.94. The van der Waals surface area contributed by atoms with Crippen LogP contribution < -0.4 is 0 Å². The van der Waals surface area contributed by atoms with E-state index in [0.29, 0.717) is 12.0 Å².